The fourth-order valence-corrected chi connectivity index (χ4v) is 1.89. The third kappa shape index (κ3) is 2.41. The molecule has 1 aromatic rings. The fraction of sp³-hybridized carbons (Fsp3) is 0.455. The zero-order valence-corrected chi connectivity index (χ0v) is 9.59. The van der Waals surface area contributed by atoms with Gasteiger partial charge < -0.3 is 10.2 Å². The van der Waals surface area contributed by atoms with Crippen molar-refractivity contribution in [3.05, 3.63) is 24.0 Å². The number of nitrogens with zero attached hydrogens (tertiary/aromatic N) is 3. The molecule has 0 saturated carbocycles. The first-order valence-corrected chi connectivity index (χ1v) is 5.56. The van der Waals surface area contributed by atoms with Gasteiger partial charge in [-0.05, 0) is 18.6 Å². The summed E-state index contributed by atoms with van der Waals surface area (Å²) in [6, 6.07) is 3.15. The summed E-state index contributed by atoms with van der Waals surface area (Å²) in [5.74, 6) is -0.182. The lowest BCUT2D eigenvalue weighted by Gasteiger charge is -2.33. The smallest absolute Gasteiger partial charge is 0.243 e. The summed E-state index contributed by atoms with van der Waals surface area (Å²) < 4.78 is 0. The van der Waals surface area contributed by atoms with Gasteiger partial charge >= 0.3 is 0 Å². The molecule has 0 aromatic carbocycles. The highest BCUT2D eigenvalue weighted by Crippen LogP contribution is 2.12. The molecular formula is C11H14N4O2. The number of aromatic nitrogens is 2. The average Bonchev–Trinajstić information content (AvgIpc) is 2.35. The molecule has 1 unspecified atom stereocenters. The summed E-state index contributed by atoms with van der Waals surface area (Å²) in [6.45, 7) is 2.28. The van der Waals surface area contributed by atoms with E-state index < -0.39 is 6.04 Å². The van der Waals surface area contributed by atoms with Crippen LogP contribution in [-0.4, -0.2) is 39.5 Å². The zero-order chi connectivity index (χ0) is 12.3. The predicted molar refractivity (Wildman–Crippen MR) is 59.7 cm³/mol. The van der Waals surface area contributed by atoms with Crippen molar-refractivity contribution >= 4 is 11.8 Å². The Labute approximate surface area is 99.0 Å². The van der Waals surface area contributed by atoms with E-state index in [9.17, 15) is 9.59 Å². The van der Waals surface area contributed by atoms with Crippen molar-refractivity contribution in [1.29, 1.82) is 0 Å². The number of rotatable bonds is 3. The van der Waals surface area contributed by atoms with Gasteiger partial charge in [0.05, 0.1) is 18.8 Å². The van der Waals surface area contributed by atoms with E-state index in [0.717, 1.165) is 0 Å². The van der Waals surface area contributed by atoms with Gasteiger partial charge in [-0.15, -0.1) is 0 Å². The van der Waals surface area contributed by atoms with Crippen molar-refractivity contribution in [2.45, 2.75) is 25.9 Å². The maximum Gasteiger partial charge on any atom is 0.243 e. The van der Waals surface area contributed by atoms with Gasteiger partial charge in [0.1, 0.15) is 6.04 Å². The Hall–Kier alpha value is -1.98. The molecule has 0 aliphatic carbocycles. The van der Waals surface area contributed by atoms with Crippen LogP contribution in [0.2, 0.25) is 0 Å². The van der Waals surface area contributed by atoms with Crippen LogP contribution >= 0.6 is 0 Å². The number of hydrogen-bond acceptors (Lipinski definition) is 4. The summed E-state index contributed by atoms with van der Waals surface area (Å²) in [4.78, 5) is 25.0. The Morgan fingerprint density at radius 3 is 3.00 bits per heavy atom. The molecule has 0 spiro atoms. The molecule has 2 heterocycles. The van der Waals surface area contributed by atoms with Crippen LogP contribution in [0.25, 0.3) is 0 Å². The Morgan fingerprint density at radius 1 is 1.53 bits per heavy atom. The molecule has 2 amide bonds. The minimum absolute atomic E-state index is 0.0651. The number of hydrogen-bond donors (Lipinski definition) is 1. The van der Waals surface area contributed by atoms with E-state index >= 15 is 0 Å². The van der Waals surface area contributed by atoms with Crippen molar-refractivity contribution in [2.24, 2.45) is 0 Å². The molecule has 2 rings (SSSR count). The second-order valence-electron chi connectivity index (χ2n) is 3.88. The minimum Gasteiger partial charge on any atom is -0.345 e. The molecule has 1 atom stereocenters. The van der Waals surface area contributed by atoms with E-state index in [0.29, 0.717) is 18.7 Å². The highest BCUT2D eigenvalue weighted by atomic mass is 16.2. The predicted octanol–water partition coefficient (Wildman–Crippen LogP) is -0.286. The van der Waals surface area contributed by atoms with Crippen molar-refractivity contribution in [3.63, 3.8) is 0 Å². The first-order chi connectivity index (χ1) is 8.22. The van der Waals surface area contributed by atoms with Gasteiger partial charge in [-0.25, -0.2) is 0 Å². The first-order valence-electron chi connectivity index (χ1n) is 5.56. The zero-order valence-electron chi connectivity index (χ0n) is 9.59. The molecule has 90 valence electrons. The van der Waals surface area contributed by atoms with Crippen LogP contribution in [0.15, 0.2) is 18.3 Å². The molecule has 6 heteroatoms. The van der Waals surface area contributed by atoms with Gasteiger partial charge in [0.15, 0.2) is 0 Å². The van der Waals surface area contributed by atoms with Gasteiger partial charge in [-0.3, -0.25) is 9.59 Å². The lowest BCUT2D eigenvalue weighted by Crippen LogP contribution is -2.57. The molecule has 1 saturated heterocycles. The maximum absolute atomic E-state index is 11.8. The van der Waals surface area contributed by atoms with Crippen LogP contribution in [0.3, 0.4) is 0 Å². The van der Waals surface area contributed by atoms with Gasteiger partial charge in [-0.1, -0.05) is 6.92 Å². The topological polar surface area (TPSA) is 75.2 Å². The third-order valence-corrected chi connectivity index (χ3v) is 2.76. The number of amides is 2. The molecule has 1 fully saturated rings. The summed E-state index contributed by atoms with van der Waals surface area (Å²) in [6.07, 6.45) is 2.17. The van der Waals surface area contributed by atoms with Crippen LogP contribution in [0.5, 0.6) is 0 Å². The second-order valence-corrected chi connectivity index (χ2v) is 3.88. The summed E-state index contributed by atoms with van der Waals surface area (Å²) in [5, 5.41) is 10.3. The molecule has 1 aliphatic heterocycles. The normalized spacial score (nSPS) is 20.3. The monoisotopic (exact) mass is 234 g/mol. The Morgan fingerprint density at radius 2 is 2.35 bits per heavy atom. The van der Waals surface area contributed by atoms with Gasteiger partial charge in [-0.2, -0.15) is 10.2 Å². The van der Waals surface area contributed by atoms with E-state index in [1.807, 2.05) is 6.92 Å². The standard InChI is InChI=1S/C11H14N4O2/c1-2-9-11(17)12-6-10(16)15(9)7-8-4-3-5-13-14-8/h3-5,9H,2,6-7H2,1H3,(H,12,17). The fourth-order valence-electron chi connectivity index (χ4n) is 1.89. The van der Waals surface area contributed by atoms with E-state index in [-0.39, 0.29) is 18.4 Å². The van der Waals surface area contributed by atoms with Crippen LogP contribution in [0.4, 0.5) is 0 Å². The Bertz CT molecular complexity index is 421. The van der Waals surface area contributed by atoms with Crippen LogP contribution < -0.4 is 5.32 Å². The number of carbonyl (C=O) groups is 2. The van der Waals surface area contributed by atoms with E-state index in [1.165, 1.54) is 0 Å². The van der Waals surface area contributed by atoms with Crippen LogP contribution in [0.1, 0.15) is 19.0 Å². The number of piperazine rings is 1. The molecular weight excluding hydrogens is 220 g/mol. The quantitative estimate of drug-likeness (QED) is 0.780. The van der Waals surface area contributed by atoms with E-state index in [2.05, 4.69) is 15.5 Å². The number of carbonyl (C=O) groups excluding carboxylic acids is 2. The molecule has 17 heavy (non-hydrogen) atoms. The highest BCUT2D eigenvalue weighted by molar-refractivity contribution is 5.94. The van der Waals surface area contributed by atoms with Gasteiger partial charge in [0.25, 0.3) is 0 Å². The lowest BCUT2D eigenvalue weighted by atomic mass is 10.1. The van der Waals surface area contributed by atoms with Crippen molar-refractivity contribution in [1.82, 2.24) is 20.4 Å². The molecule has 6 nitrogen and oxygen atoms in total. The first kappa shape index (κ1) is 11.5. The lowest BCUT2D eigenvalue weighted by molar-refractivity contribution is -0.146. The van der Waals surface area contributed by atoms with Crippen LogP contribution in [-0.2, 0) is 16.1 Å². The van der Waals surface area contributed by atoms with E-state index in [1.54, 1.807) is 23.2 Å². The number of nitrogens with one attached hydrogen (secondary N) is 1. The SMILES string of the molecule is CCC1C(=O)NCC(=O)N1Cc1cccnn1. The molecule has 1 aliphatic rings. The minimum atomic E-state index is -0.404. The summed E-state index contributed by atoms with van der Waals surface area (Å²) in [5.41, 5.74) is 0.689. The highest BCUT2D eigenvalue weighted by Gasteiger charge is 2.33. The van der Waals surface area contributed by atoms with Crippen molar-refractivity contribution in [3.8, 4) is 0 Å². The largest absolute Gasteiger partial charge is 0.345 e. The molecule has 1 N–H and O–H groups in total. The summed E-state index contributed by atoms with van der Waals surface area (Å²) in [7, 11) is 0. The summed E-state index contributed by atoms with van der Waals surface area (Å²) >= 11 is 0. The average molecular weight is 234 g/mol. The molecule has 1 aromatic heterocycles. The van der Waals surface area contributed by atoms with Crippen molar-refractivity contribution in [2.75, 3.05) is 6.54 Å². The Balaban J connectivity index is 2.16. The van der Waals surface area contributed by atoms with Crippen LogP contribution in [0, 0.1) is 0 Å². The van der Waals surface area contributed by atoms with Gasteiger partial charge in [0, 0.05) is 6.20 Å². The Kier molecular flexibility index (Phi) is 3.32. The van der Waals surface area contributed by atoms with E-state index in [4.69, 9.17) is 0 Å². The third-order valence-electron chi connectivity index (χ3n) is 2.76. The van der Waals surface area contributed by atoms with Crippen molar-refractivity contribution < 1.29 is 9.59 Å². The molecule has 0 bridgehead atoms. The second kappa shape index (κ2) is 4.90. The maximum atomic E-state index is 11.8. The molecule has 0 radical (unpaired) electrons. The van der Waals surface area contributed by atoms with Gasteiger partial charge in [0.2, 0.25) is 11.8 Å².